The van der Waals surface area contributed by atoms with Gasteiger partial charge in [-0.1, -0.05) is 43.3 Å². The Bertz CT molecular complexity index is 1560. The van der Waals surface area contributed by atoms with E-state index in [4.69, 9.17) is 9.47 Å². The van der Waals surface area contributed by atoms with Gasteiger partial charge in [0.15, 0.2) is 0 Å². The molecule has 0 fully saturated rings. The summed E-state index contributed by atoms with van der Waals surface area (Å²) in [5.74, 6) is -2.65. The van der Waals surface area contributed by atoms with E-state index < -0.39 is 29.3 Å². The molecule has 2 heterocycles. The molecule has 186 valence electrons. The first-order valence-electron chi connectivity index (χ1n) is 11.5. The molecule has 0 saturated carbocycles. The number of rotatable bonds is 6. The molecule has 5 rings (SSSR count). The lowest BCUT2D eigenvalue weighted by Gasteiger charge is -2.29. The average molecular weight is 499 g/mol. The third-order valence-corrected chi connectivity index (χ3v) is 6.13. The summed E-state index contributed by atoms with van der Waals surface area (Å²) in [6, 6.07) is 19.2. The zero-order valence-electron chi connectivity index (χ0n) is 20.0. The van der Waals surface area contributed by atoms with E-state index in [0.717, 1.165) is 15.7 Å². The van der Waals surface area contributed by atoms with Gasteiger partial charge in [-0.2, -0.15) is 0 Å². The molecule has 0 spiro atoms. The maximum atomic E-state index is 14.9. The molecule has 1 aliphatic rings. The maximum Gasteiger partial charge on any atom is 0.308 e. The highest BCUT2D eigenvalue weighted by Gasteiger charge is 2.57. The number of para-hydroxylation sites is 1. The van der Waals surface area contributed by atoms with Crippen molar-refractivity contribution in [1.82, 2.24) is 10.3 Å². The van der Waals surface area contributed by atoms with Gasteiger partial charge < -0.3 is 14.8 Å². The van der Waals surface area contributed by atoms with Crippen molar-refractivity contribution in [2.24, 2.45) is 0 Å². The van der Waals surface area contributed by atoms with Crippen LogP contribution in [0.5, 0.6) is 5.75 Å². The quantitative estimate of drug-likeness (QED) is 0.308. The van der Waals surface area contributed by atoms with E-state index in [1.54, 1.807) is 25.1 Å². The van der Waals surface area contributed by atoms with Gasteiger partial charge in [-0.3, -0.25) is 24.3 Å². The van der Waals surface area contributed by atoms with Gasteiger partial charge >= 0.3 is 11.9 Å². The molecule has 0 saturated heterocycles. The van der Waals surface area contributed by atoms with Crippen molar-refractivity contribution in [3.63, 3.8) is 0 Å². The van der Waals surface area contributed by atoms with Gasteiger partial charge in [0.1, 0.15) is 17.3 Å². The van der Waals surface area contributed by atoms with Crippen LogP contribution in [0.1, 0.15) is 29.4 Å². The molecule has 37 heavy (non-hydrogen) atoms. The van der Waals surface area contributed by atoms with Gasteiger partial charge in [0.2, 0.25) is 0 Å². The minimum atomic E-state index is -2.26. The number of nitrogens with one attached hydrogen (secondary N) is 1. The fourth-order valence-corrected chi connectivity index (χ4v) is 4.29. The van der Waals surface area contributed by atoms with Gasteiger partial charge in [-0.05, 0) is 35.7 Å². The van der Waals surface area contributed by atoms with Crippen LogP contribution < -0.4 is 15.0 Å². The van der Waals surface area contributed by atoms with E-state index in [1.165, 1.54) is 43.6 Å². The van der Waals surface area contributed by atoms with Crippen LogP contribution in [0.15, 0.2) is 79.0 Å². The number of carbonyl (C=O) groups excluding carboxylic acids is 3. The minimum Gasteiger partial charge on any atom is -0.497 e. The average Bonchev–Trinajstić information content (AvgIpc) is 3.14. The Labute approximate surface area is 211 Å². The molecular formula is C28H22FN3O5. The predicted molar refractivity (Wildman–Crippen MR) is 134 cm³/mol. The lowest BCUT2D eigenvalue weighted by atomic mass is 10.0. The van der Waals surface area contributed by atoms with Crippen LogP contribution in [-0.4, -0.2) is 29.9 Å². The molecule has 2 amide bonds. The fourth-order valence-electron chi connectivity index (χ4n) is 4.29. The monoisotopic (exact) mass is 499 g/mol. The van der Waals surface area contributed by atoms with Crippen molar-refractivity contribution in [2.75, 3.05) is 12.0 Å². The summed E-state index contributed by atoms with van der Waals surface area (Å²) in [5.41, 5.74) is -1.98. The van der Waals surface area contributed by atoms with E-state index >= 15 is 0 Å². The van der Waals surface area contributed by atoms with E-state index in [2.05, 4.69) is 10.3 Å². The topological polar surface area (TPSA) is 97.8 Å². The zero-order chi connectivity index (χ0) is 26.2. The Morgan fingerprint density at radius 2 is 1.73 bits per heavy atom. The van der Waals surface area contributed by atoms with Crippen molar-refractivity contribution in [3.8, 4) is 5.75 Å². The molecule has 4 aromatic rings. The lowest BCUT2D eigenvalue weighted by molar-refractivity contribution is -0.170. The summed E-state index contributed by atoms with van der Waals surface area (Å²) in [6.07, 6.45) is 1.47. The number of nitrogens with zero attached hydrogens (tertiary/aromatic N) is 2. The Hall–Kier alpha value is -4.79. The Kier molecular flexibility index (Phi) is 6.04. The van der Waals surface area contributed by atoms with Crippen LogP contribution in [0.4, 0.5) is 15.8 Å². The third-order valence-electron chi connectivity index (χ3n) is 6.13. The maximum absolute atomic E-state index is 14.9. The Morgan fingerprint density at radius 1 is 1.00 bits per heavy atom. The summed E-state index contributed by atoms with van der Waals surface area (Å²) in [6.45, 7) is 1.56. The molecule has 8 nitrogen and oxygen atoms in total. The highest BCUT2D eigenvalue weighted by Crippen LogP contribution is 2.47. The zero-order valence-corrected chi connectivity index (χ0v) is 20.0. The van der Waals surface area contributed by atoms with Crippen LogP contribution in [0.2, 0.25) is 0 Å². The Morgan fingerprint density at radius 3 is 2.46 bits per heavy atom. The second kappa shape index (κ2) is 9.34. The first-order valence-corrected chi connectivity index (χ1v) is 11.5. The third kappa shape index (κ3) is 4.04. The SMILES string of the molecule is CCC(=O)OC1(NC(=O)c2cc3ccccc3cn2)C(=O)N(c2ccccc2F)c2cc(OC)ccc21. The summed E-state index contributed by atoms with van der Waals surface area (Å²) < 4.78 is 25.9. The molecule has 1 unspecified atom stereocenters. The number of hydrogen-bond acceptors (Lipinski definition) is 6. The van der Waals surface area contributed by atoms with E-state index in [1.807, 2.05) is 24.3 Å². The minimum absolute atomic E-state index is 0.0119. The standard InChI is InChI=1S/C28H22FN3O5/c1-3-25(33)37-28(31-26(34)22-14-17-8-4-5-9-18(17)16-30-22)20-13-12-19(36-2)15-24(20)32(27(28)35)23-11-7-6-10-21(23)29/h4-16H,3H2,1-2H3,(H,31,34). The van der Waals surface area contributed by atoms with Crippen molar-refractivity contribution >= 4 is 39.9 Å². The summed E-state index contributed by atoms with van der Waals surface area (Å²) >= 11 is 0. The number of methoxy groups -OCH3 is 1. The number of aromatic nitrogens is 1. The largest absolute Gasteiger partial charge is 0.497 e. The first-order chi connectivity index (χ1) is 17.9. The molecule has 1 N–H and O–H groups in total. The summed E-state index contributed by atoms with van der Waals surface area (Å²) in [7, 11) is 1.45. The predicted octanol–water partition coefficient (Wildman–Crippen LogP) is 4.60. The molecule has 9 heteroatoms. The van der Waals surface area contributed by atoms with Crippen LogP contribution in [-0.2, 0) is 20.1 Å². The van der Waals surface area contributed by atoms with Crippen molar-refractivity contribution in [1.29, 1.82) is 0 Å². The number of halogens is 1. The molecule has 0 bridgehead atoms. The van der Waals surface area contributed by atoms with Gasteiger partial charge in [-0.15, -0.1) is 0 Å². The molecule has 3 aromatic carbocycles. The number of hydrogen-bond donors (Lipinski definition) is 1. The van der Waals surface area contributed by atoms with E-state index in [0.29, 0.717) is 5.75 Å². The summed E-state index contributed by atoms with van der Waals surface area (Å²) in [4.78, 5) is 45.4. The Balaban J connectivity index is 1.67. The normalized spacial score (nSPS) is 16.4. The highest BCUT2D eigenvalue weighted by atomic mass is 19.1. The fraction of sp³-hybridized carbons (Fsp3) is 0.143. The van der Waals surface area contributed by atoms with Crippen LogP contribution in [0.3, 0.4) is 0 Å². The number of benzene rings is 3. The van der Waals surface area contributed by atoms with E-state index in [9.17, 15) is 18.8 Å². The molecule has 1 atom stereocenters. The summed E-state index contributed by atoms with van der Waals surface area (Å²) in [5, 5.41) is 4.19. The lowest BCUT2D eigenvalue weighted by Crippen LogP contribution is -2.55. The van der Waals surface area contributed by atoms with Crippen LogP contribution in [0.25, 0.3) is 10.8 Å². The van der Waals surface area contributed by atoms with Crippen molar-refractivity contribution < 1.29 is 28.2 Å². The highest BCUT2D eigenvalue weighted by molar-refractivity contribution is 6.14. The van der Waals surface area contributed by atoms with Gasteiger partial charge in [0.05, 0.1) is 24.0 Å². The van der Waals surface area contributed by atoms with Crippen LogP contribution >= 0.6 is 0 Å². The number of amides is 2. The van der Waals surface area contributed by atoms with E-state index in [-0.39, 0.29) is 29.1 Å². The van der Waals surface area contributed by atoms with Gasteiger partial charge in [-0.25, -0.2) is 4.39 Å². The number of carbonyl (C=O) groups is 3. The number of anilines is 2. The smallest absolute Gasteiger partial charge is 0.308 e. The van der Waals surface area contributed by atoms with Crippen molar-refractivity contribution in [2.45, 2.75) is 19.1 Å². The number of esters is 1. The molecule has 0 radical (unpaired) electrons. The van der Waals surface area contributed by atoms with Crippen molar-refractivity contribution in [3.05, 3.63) is 96.1 Å². The van der Waals surface area contributed by atoms with Gasteiger partial charge in [0.25, 0.3) is 11.6 Å². The van der Waals surface area contributed by atoms with Gasteiger partial charge in [0, 0.05) is 24.1 Å². The second-order valence-electron chi connectivity index (χ2n) is 8.35. The number of ether oxygens (including phenoxy) is 2. The first kappa shape index (κ1) is 23.9. The number of pyridine rings is 1. The molecule has 1 aromatic heterocycles. The van der Waals surface area contributed by atoms with Crippen LogP contribution in [0, 0.1) is 5.82 Å². The molecular weight excluding hydrogens is 477 g/mol. The molecule has 1 aliphatic heterocycles. The number of fused-ring (bicyclic) bond motifs is 2. The molecule has 0 aliphatic carbocycles. The second-order valence-corrected chi connectivity index (χ2v) is 8.35.